The van der Waals surface area contributed by atoms with Gasteiger partial charge in [0.2, 0.25) is 0 Å². The SMILES string of the molecule is CC(CBr)(OCC1CCOC1)c1ccccc1F. The fraction of sp³-hybridized carbons (Fsp3) is 0.571. The highest BCUT2D eigenvalue weighted by atomic mass is 79.9. The van der Waals surface area contributed by atoms with Crippen molar-refractivity contribution in [2.75, 3.05) is 25.2 Å². The van der Waals surface area contributed by atoms with Crippen molar-refractivity contribution in [3.8, 4) is 0 Å². The van der Waals surface area contributed by atoms with E-state index in [0.29, 0.717) is 23.4 Å². The van der Waals surface area contributed by atoms with Crippen LogP contribution in [0.3, 0.4) is 0 Å². The Kier molecular flexibility index (Phi) is 4.76. The third kappa shape index (κ3) is 3.11. The van der Waals surface area contributed by atoms with E-state index in [0.717, 1.165) is 19.6 Å². The summed E-state index contributed by atoms with van der Waals surface area (Å²) in [5.74, 6) is 0.206. The molecular formula is C14H18BrFO2. The Morgan fingerprint density at radius 1 is 1.50 bits per heavy atom. The molecule has 1 aliphatic rings. The highest BCUT2D eigenvalue weighted by Crippen LogP contribution is 2.31. The van der Waals surface area contributed by atoms with Gasteiger partial charge in [-0.3, -0.25) is 0 Å². The molecule has 1 fully saturated rings. The zero-order chi connectivity index (χ0) is 13.0. The van der Waals surface area contributed by atoms with Gasteiger partial charge < -0.3 is 9.47 Å². The second-order valence-corrected chi connectivity index (χ2v) is 5.45. The monoisotopic (exact) mass is 316 g/mol. The Labute approximate surface area is 116 Å². The highest BCUT2D eigenvalue weighted by Gasteiger charge is 2.30. The smallest absolute Gasteiger partial charge is 0.129 e. The minimum absolute atomic E-state index is 0.220. The third-order valence-electron chi connectivity index (χ3n) is 3.36. The van der Waals surface area contributed by atoms with Crippen molar-refractivity contribution in [2.45, 2.75) is 18.9 Å². The van der Waals surface area contributed by atoms with Gasteiger partial charge in [-0.2, -0.15) is 0 Å². The number of benzene rings is 1. The molecule has 1 aliphatic heterocycles. The maximum Gasteiger partial charge on any atom is 0.129 e. The summed E-state index contributed by atoms with van der Waals surface area (Å²) < 4.78 is 25.1. The van der Waals surface area contributed by atoms with E-state index in [-0.39, 0.29) is 5.82 Å². The van der Waals surface area contributed by atoms with Crippen LogP contribution in [0.1, 0.15) is 18.9 Å². The molecule has 1 saturated heterocycles. The summed E-state index contributed by atoms with van der Waals surface area (Å²) in [5, 5.41) is 0.564. The van der Waals surface area contributed by atoms with Gasteiger partial charge in [-0.05, 0) is 19.4 Å². The summed E-state index contributed by atoms with van der Waals surface area (Å²) in [5.41, 5.74) is -0.0331. The predicted molar refractivity (Wildman–Crippen MR) is 72.4 cm³/mol. The van der Waals surface area contributed by atoms with Crippen LogP contribution in [0.5, 0.6) is 0 Å². The van der Waals surface area contributed by atoms with Crippen LogP contribution in [0.4, 0.5) is 4.39 Å². The van der Waals surface area contributed by atoms with Crippen molar-refractivity contribution in [2.24, 2.45) is 5.92 Å². The zero-order valence-electron chi connectivity index (χ0n) is 10.5. The molecule has 2 rings (SSSR count). The molecule has 0 bridgehead atoms. The van der Waals surface area contributed by atoms with E-state index in [4.69, 9.17) is 9.47 Å². The topological polar surface area (TPSA) is 18.5 Å². The maximum atomic E-state index is 13.8. The lowest BCUT2D eigenvalue weighted by Crippen LogP contribution is -2.31. The molecule has 2 atom stereocenters. The molecular weight excluding hydrogens is 299 g/mol. The van der Waals surface area contributed by atoms with Gasteiger partial charge in [0.15, 0.2) is 0 Å². The first kappa shape index (κ1) is 14.0. The van der Waals surface area contributed by atoms with E-state index in [1.165, 1.54) is 6.07 Å². The van der Waals surface area contributed by atoms with Gasteiger partial charge in [0, 0.05) is 23.4 Å². The molecule has 0 N–H and O–H groups in total. The number of rotatable bonds is 5. The Morgan fingerprint density at radius 2 is 2.28 bits per heavy atom. The van der Waals surface area contributed by atoms with E-state index in [9.17, 15) is 4.39 Å². The predicted octanol–water partition coefficient (Wildman–Crippen LogP) is 3.49. The molecule has 4 heteroatoms. The lowest BCUT2D eigenvalue weighted by molar-refractivity contribution is -0.0380. The highest BCUT2D eigenvalue weighted by molar-refractivity contribution is 9.09. The summed E-state index contributed by atoms with van der Waals surface area (Å²) >= 11 is 3.43. The van der Waals surface area contributed by atoms with Crippen LogP contribution in [0, 0.1) is 11.7 Å². The lowest BCUT2D eigenvalue weighted by Gasteiger charge is -2.30. The first-order valence-electron chi connectivity index (χ1n) is 6.18. The average Bonchev–Trinajstić information content (AvgIpc) is 2.90. The lowest BCUT2D eigenvalue weighted by atomic mass is 9.97. The molecule has 1 aromatic rings. The number of hydrogen-bond acceptors (Lipinski definition) is 2. The van der Waals surface area contributed by atoms with Gasteiger partial charge >= 0.3 is 0 Å². The maximum absolute atomic E-state index is 13.8. The zero-order valence-corrected chi connectivity index (χ0v) is 12.1. The molecule has 18 heavy (non-hydrogen) atoms. The summed E-state index contributed by atoms with van der Waals surface area (Å²) in [4.78, 5) is 0. The van der Waals surface area contributed by atoms with Crippen molar-refractivity contribution in [1.29, 1.82) is 0 Å². The van der Waals surface area contributed by atoms with E-state index in [1.807, 2.05) is 13.0 Å². The summed E-state index contributed by atoms with van der Waals surface area (Å²) in [7, 11) is 0. The molecule has 0 radical (unpaired) electrons. The Bertz CT molecular complexity index is 393. The molecule has 1 aromatic carbocycles. The Hall–Kier alpha value is -0.450. The average molecular weight is 317 g/mol. The Morgan fingerprint density at radius 3 is 2.89 bits per heavy atom. The fourth-order valence-corrected chi connectivity index (χ4v) is 2.56. The van der Waals surface area contributed by atoms with E-state index in [2.05, 4.69) is 15.9 Å². The van der Waals surface area contributed by atoms with Gasteiger partial charge in [-0.1, -0.05) is 34.1 Å². The quantitative estimate of drug-likeness (QED) is 0.774. The van der Waals surface area contributed by atoms with Crippen LogP contribution in [-0.4, -0.2) is 25.2 Å². The van der Waals surface area contributed by atoms with Gasteiger partial charge in [0.1, 0.15) is 11.4 Å². The summed E-state index contributed by atoms with van der Waals surface area (Å²) in [6, 6.07) is 6.78. The minimum atomic E-state index is -0.631. The number of halogens is 2. The van der Waals surface area contributed by atoms with Gasteiger partial charge in [-0.15, -0.1) is 0 Å². The molecule has 2 unspecified atom stereocenters. The first-order chi connectivity index (χ1) is 8.65. The van der Waals surface area contributed by atoms with Crippen molar-refractivity contribution in [3.05, 3.63) is 35.6 Å². The van der Waals surface area contributed by atoms with Crippen LogP contribution in [0.15, 0.2) is 24.3 Å². The van der Waals surface area contributed by atoms with Gasteiger partial charge in [0.25, 0.3) is 0 Å². The number of alkyl halides is 1. The number of hydrogen-bond donors (Lipinski definition) is 0. The Balaban J connectivity index is 2.07. The van der Waals surface area contributed by atoms with Crippen molar-refractivity contribution < 1.29 is 13.9 Å². The van der Waals surface area contributed by atoms with Crippen LogP contribution in [0.2, 0.25) is 0 Å². The molecule has 0 amide bonds. The summed E-state index contributed by atoms with van der Waals surface area (Å²) in [6.07, 6.45) is 1.02. The molecule has 100 valence electrons. The third-order valence-corrected chi connectivity index (χ3v) is 4.43. The van der Waals surface area contributed by atoms with Crippen molar-refractivity contribution in [1.82, 2.24) is 0 Å². The van der Waals surface area contributed by atoms with Crippen LogP contribution in [-0.2, 0) is 15.1 Å². The standard InChI is InChI=1S/C14H18BrFO2/c1-14(10-15,12-4-2-3-5-13(12)16)18-9-11-6-7-17-8-11/h2-5,11H,6-10H2,1H3. The molecule has 0 aromatic heterocycles. The van der Waals surface area contributed by atoms with Gasteiger partial charge in [0.05, 0.1) is 13.2 Å². The van der Waals surface area contributed by atoms with Crippen LogP contribution >= 0.6 is 15.9 Å². The first-order valence-corrected chi connectivity index (χ1v) is 7.30. The van der Waals surface area contributed by atoms with Crippen molar-refractivity contribution in [3.63, 3.8) is 0 Å². The van der Waals surface area contributed by atoms with E-state index in [1.54, 1.807) is 12.1 Å². The van der Waals surface area contributed by atoms with Crippen molar-refractivity contribution >= 4 is 15.9 Å². The molecule has 0 spiro atoms. The fourth-order valence-electron chi connectivity index (χ4n) is 2.09. The van der Waals surface area contributed by atoms with Gasteiger partial charge in [-0.25, -0.2) is 4.39 Å². The number of ether oxygens (including phenoxy) is 2. The van der Waals surface area contributed by atoms with Crippen LogP contribution in [0.25, 0.3) is 0 Å². The molecule has 1 heterocycles. The molecule has 0 aliphatic carbocycles. The van der Waals surface area contributed by atoms with E-state index >= 15 is 0 Å². The molecule has 0 saturated carbocycles. The minimum Gasteiger partial charge on any atom is -0.381 e. The second kappa shape index (κ2) is 6.13. The largest absolute Gasteiger partial charge is 0.381 e. The second-order valence-electron chi connectivity index (χ2n) is 4.88. The van der Waals surface area contributed by atoms with E-state index < -0.39 is 5.60 Å². The normalized spacial score (nSPS) is 22.9. The molecule has 2 nitrogen and oxygen atoms in total. The van der Waals surface area contributed by atoms with Crippen LogP contribution < -0.4 is 0 Å². The summed E-state index contributed by atoms with van der Waals surface area (Å²) in [6.45, 7) is 4.07.